The van der Waals surface area contributed by atoms with Crippen LogP contribution in [0.3, 0.4) is 0 Å². The highest BCUT2D eigenvalue weighted by Crippen LogP contribution is 2.29. The van der Waals surface area contributed by atoms with Crippen molar-refractivity contribution in [1.29, 1.82) is 0 Å². The lowest BCUT2D eigenvalue weighted by molar-refractivity contribution is -0.114. The van der Waals surface area contributed by atoms with Gasteiger partial charge in [-0.2, -0.15) is 4.31 Å². The summed E-state index contributed by atoms with van der Waals surface area (Å²) in [7, 11) is -2.05. The number of thiazole rings is 1. The molecule has 1 aliphatic heterocycles. The Balaban J connectivity index is 1.51. The highest BCUT2D eigenvalue weighted by Gasteiger charge is 2.29. The number of nitrogens with zero attached hydrogens (tertiary/aromatic N) is 3. The van der Waals surface area contributed by atoms with Crippen LogP contribution in [0.4, 0.5) is 15.2 Å². The van der Waals surface area contributed by atoms with Gasteiger partial charge in [0.25, 0.3) is 5.91 Å². The molecule has 1 saturated heterocycles. The first kappa shape index (κ1) is 23.1. The van der Waals surface area contributed by atoms with E-state index in [-0.39, 0.29) is 27.2 Å². The van der Waals surface area contributed by atoms with Gasteiger partial charge < -0.3 is 9.88 Å². The Kier molecular flexibility index (Phi) is 6.32. The smallest absolute Gasteiger partial charge is 0.274 e. The molecular weight excluding hydrogens is 469 g/mol. The second-order valence-corrected chi connectivity index (χ2v) is 10.4. The zero-order chi connectivity index (χ0) is 23.8. The van der Waals surface area contributed by atoms with Gasteiger partial charge >= 0.3 is 0 Å². The monoisotopic (exact) mass is 491 g/mol. The fraction of sp³-hybridized carbons (Fsp3) is 0.286. The van der Waals surface area contributed by atoms with Gasteiger partial charge in [-0.25, -0.2) is 17.8 Å². The van der Waals surface area contributed by atoms with Crippen LogP contribution >= 0.6 is 11.3 Å². The first-order chi connectivity index (χ1) is 15.6. The summed E-state index contributed by atoms with van der Waals surface area (Å²) in [6.45, 7) is 2.28. The molecule has 1 aliphatic rings. The van der Waals surface area contributed by atoms with Crippen LogP contribution in [-0.4, -0.2) is 47.2 Å². The minimum Gasteiger partial charge on any atom is -0.345 e. The summed E-state index contributed by atoms with van der Waals surface area (Å²) in [5, 5.41) is 6.99. The molecule has 1 fully saturated rings. The summed E-state index contributed by atoms with van der Waals surface area (Å²) in [5.41, 5.74) is 1.04. The van der Waals surface area contributed by atoms with E-state index in [1.54, 1.807) is 18.5 Å². The number of nitrogens with one attached hydrogen (secondary N) is 2. The van der Waals surface area contributed by atoms with Gasteiger partial charge in [-0.05, 0) is 37.1 Å². The molecule has 0 saturated carbocycles. The number of carbonyl (C=O) groups is 2. The van der Waals surface area contributed by atoms with E-state index in [2.05, 4.69) is 15.6 Å². The zero-order valence-corrected chi connectivity index (χ0v) is 19.6. The van der Waals surface area contributed by atoms with E-state index in [1.165, 1.54) is 40.2 Å². The van der Waals surface area contributed by atoms with Crippen LogP contribution in [-0.2, 0) is 21.9 Å². The van der Waals surface area contributed by atoms with Crippen LogP contribution in [0, 0.1) is 5.82 Å². The molecule has 174 valence electrons. The van der Waals surface area contributed by atoms with Crippen LogP contribution in [0.15, 0.2) is 40.7 Å². The topological polar surface area (TPSA) is 113 Å². The van der Waals surface area contributed by atoms with Gasteiger partial charge in [0.05, 0.1) is 5.69 Å². The molecule has 2 N–H and O–H groups in total. The lowest BCUT2D eigenvalue weighted by Gasteiger charge is -2.13. The summed E-state index contributed by atoms with van der Waals surface area (Å²) in [6, 6.07) is 5.59. The number of halogens is 1. The number of benzene rings is 1. The molecule has 33 heavy (non-hydrogen) atoms. The molecule has 0 radical (unpaired) electrons. The molecule has 2 aromatic heterocycles. The van der Waals surface area contributed by atoms with E-state index < -0.39 is 21.7 Å². The first-order valence-electron chi connectivity index (χ1n) is 10.2. The maximum atomic E-state index is 14.5. The second kappa shape index (κ2) is 9.04. The number of sulfonamides is 1. The molecular formula is C21H22FN5O4S2. The number of hydrogen-bond donors (Lipinski definition) is 2. The Labute approximate surface area is 194 Å². The molecule has 3 heterocycles. The van der Waals surface area contributed by atoms with Gasteiger partial charge in [-0.1, -0.05) is 0 Å². The maximum Gasteiger partial charge on any atom is 0.274 e. The molecule has 2 amide bonds. The fourth-order valence-electron chi connectivity index (χ4n) is 3.60. The van der Waals surface area contributed by atoms with Crippen molar-refractivity contribution >= 4 is 44.0 Å². The summed E-state index contributed by atoms with van der Waals surface area (Å²) in [6.07, 6.45) is 3.06. The summed E-state index contributed by atoms with van der Waals surface area (Å²) in [5.74, 6) is -1.40. The number of carbonyl (C=O) groups excluding carboxylic acids is 2. The second-order valence-electron chi connectivity index (χ2n) is 7.65. The van der Waals surface area contributed by atoms with E-state index in [1.807, 2.05) is 0 Å². The number of anilines is 2. The van der Waals surface area contributed by atoms with Crippen molar-refractivity contribution in [3.63, 3.8) is 0 Å². The SMILES string of the molecule is CC(=O)Nc1ccc(-c2csc(NC(=O)c3cc(S(=O)(=O)N4CCCC4)cn3C)n2)c(F)c1. The molecule has 0 atom stereocenters. The van der Waals surface area contributed by atoms with Gasteiger partial charge in [0.2, 0.25) is 15.9 Å². The van der Waals surface area contributed by atoms with Crippen molar-refractivity contribution in [3.8, 4) is 11.3 Å². The minimum atomic E-state index is -3.64. The first-order valence-corrected chi connectivity index (χ1v) is 12.5. The average Bonchev–Trinajstić information content (AvgIpc) is 3.48. The van der Waals surface area contributed by atoms with E-state index >= 15 is 0 Å². The number of aromatic nitrogens is 2. The van der Waals surface area contributed by atoms with Crippen molar-refractivity contribution in [2.24, 2.45) is 7.05 Å². The molecule has 0 spiro atoms. The number of aryl methyl sites for hydroxylation is 1. The van der Waals surface area contributed by atoms with Crippen molar-refractivity contribution in [2.75, 3.05) is 23.7 Å². The lowest BCUT2D eigenvalue weighted by Crippen LogP contribution is -2.27. The number of amides is 2. The Hall–Kier alpha value is -3.09. The standard InChI is InChI=1S/C21H22FN5O4S2/c1-13(28)23-14-5-6-16(17(22)9-14)18-12-32-21(24-18)25-20(29)19-10-15(11-26(19)2)33(30,31)27-7-3-4-8-27/h5-6,9-12H,3-4,7-8H2,1-2H3,(H,23,28)(H,24,25,29). The highest BCUT2D eigenvalue weighted by molar-refractivity contribution is 7.89. The lowest BCUT2D eigenvalue weighted by atomic mass is 10.1. The average molecular weight is 492 g/mol. The van der Waals surface area contributed by atoms with Gasteiger partial charge in [0.1, 0.15) is 16.4 Å². The maximum absolute atomic E-state index is 14.5. The molecule has 0 aliphatic carbocycles. The van der Waals surface area contributed by atoms with Crippen molar-refractivity contribution < 1.29 is 22.4 Å². The Morgan fingerprint density at radius 2 is 1.88 bits per heavy atom. The largest absolute Gasteiger partial charge is 0.345 e. The summed E-state index contributed by atoms with van der Waals surface area (Å²) >= 11 is 1.11. The van der Waals surface area contributed by atoms with Crippen LogP contribution in [0.5, 0.6) is 0 Å². The predicted molar refractivity (Wildman–Crippen MR) is 123 cm³/mol. The molecule has 0 bridgehead atoms. The third kappa shape index (κ3) is 4.82. The van der Waals surface area contributed by atoms with Crippen LogP contribution in [0.2, 0.25) is 0 Å². The van der Waals surface area contributed by atoms with E-state index in [0.29, 0.717) is 24.5 Å². The van der Waals surface area contributed by atoms with Gasteiger partial charge in [-0.15, -0.1) is 11.3 Å². The predicted octanol–water partition coefficient (Wildman–Crippen LogP) is 3.28. The van der Waals surface area contributed by atoms with Crippen molar-refractivity contribution in [3.05, 3.63) is 47.4 Å². The van der Waals surface area contributed by atoms with E-state index in [0.717, 1.165) is 24.2 Å². The van der Waals surface area contributed by atoms with E-state index in [4.69, 9.17) is 0 Å². The molecule has 12 heteroatoms. The molecule has 0 unspecified atom stereocenters. The molecule has 3 aromatic rings. The third-order valence-corrected chi connectivity index (χ3v) is 7.83. The quantitative estimate of drug-likeness (QED) is 0.549. The van der Waals surface area contributed by atoms with Gasteiger partial charge in [-0.3, -0.25) is 14.9 Å². The number of hydrogen-bond acceptors (Lipinski definition) is 6. The van der Waals surface area contributed by atoms with Crippen molar-refractivity contribution in [1.82, 2.24) is 13.9 Å². The Bertz CT molecular complexity index is 1330. The highest BCUT2D eigenvalue weighted by atomic mass is 32.2. The van der Waals surface area contributed by atoms with Gasteiger partial charge in [0.15, 0.2) is 5.13 Å². The van der Waals surface area contributed by atoms with Crippen molar-refractivity contribution in [2.45, 2.75) is 24.7 Å². The zero-order valence-electron chi connectivity index (χ0n) is 18.0. The molecule has 1 aromatic carbocycles. The summed E-state index contributed by atoms with van der Waals surface area (Å²) in [4.78, 5) is 28.2. The van der Waals surface area contributed by atoms with E-state index in [9.17, 15) is 22.4 Å². The van der Waals surface area contributed by atoms with Crippen LogP contribution < -0.4 is 10.6 Å². The number of rotatable bonds is 6. The Morgan fingerprint density at radius 3 is 2.55 bits per heavy atom. The van der Waals surface area contributed by atoms with Gasteiger partial charge in [0, 0.05) is 49.9 Å². The van der Waals surface area contributed by atoms with Crippen LogP contribution in [0.25, 0.3) is 11.3 Å². The molecule has 9 nitrogen and oxygen atoms in total. The third-order valence-electron chi connectivity index (χ3n) is 5.21. The Morgan fingerprint density at radius 1 is 1.15 bits per heavy atom. The van der Waals surface area contributed by atoms with Crippen LogP contribution in [0.1, 0.15) is 30.3 Å². The normalized spacial score (nSPS) is 14.4. The summed E-state index contributed by atoms with van der Waals surface area (Å²) < 4.78 is 42.9. The molecule has 4 rings (SSSR count). The fourth-order valence-corrected chi connectivity index (χ4v) is 5.89. The minimum absolute atomic E-state index is 0.0678.